The number of halogens is 1. The average molecular weight is 255 g/mol. The van der Waals surface area contributed by atoms with Gasteiger partial charge in [-0.1, -0.05) is 41.9 Å². The van der Waals surface area contributed by atoms with Gasteiger partial charge in [-0.3, -0.25) is 4.99 Å². The molecule has 0 atom stereocenters. The molecule has 1 aromatic rings. The van der Waals surface area contributed by atoms with Crippen LogP contribution in [0.25, 0.3) is 0 Å². The normalized spacial score (nSPS) is 12.1. The summed E-state index contributed by atoms with van der Waals surface area (Å²) in [6.45, 7) is 4.74. The fourth-order valence-corrected chi connectivity index (χ4v) is 1.45. The molecule has 0 unspecified atom stereocenters. The summed E-state index contributed by atoms with van der Waals surface area (Å²) in [6.07, 6.45) is 0. The van der Waals surface area contributed by atoms with Gasteiger partial charge < -0.3 is 5.73 Å². The monoisotopic (exact) mass is 254 g/mol. The first-order valence-corrected chi connectivity index (χ1v) is 5.43. The van der Waals surface area contributed by atoms with Crippen LogP contribution < -0.4 is 5.73 Å². The molecular weight excluding hydrogens is 240 g/mol. The molecule has 3 heteroatoms. The van der Waals surface area contributed by atoms with Gasteiger partial charge in [0.15, 0.2) is 0 Å². The molecule has 2 N–H and O–H groups in total. The molecule has 0 fully saturated rings. The smallest absolute Gasteiger partial charge is 0.0966 e. The van der Waals surface area contributed by atoms with Crippen molar-refractivity contribution in [3.8, 4) is 0 Å². The summed E-state index contributed by atoms with van der Waals surface area (Å²) in [7, 11) is 0. The molecule has 1 rings (SSSR count). The number of hydrogen-bond donors (Lipinski definition) is 1. The summed E-state index contributed by atoms with van der Waals surface area (Å²) in [5.74, 6) is 1.03. The first-order valence-electron chi connectivity index (χ1n) is 4.64. The van der Waals surface area contributed by atoms with E-state index in [0.29, 0.717) is 18.3 Å². The molecule has 0 saturated carbocycles. The maximum atomic E-state index is 5.74. The van der Waals surface area contributed by atoms with Gasteiger partial charge in [-0.25, -0.2) is 0 Å². The van der Waals surface area contributed by atoms with Crippen LogP contribution in [0.5, 0.6) is 0 Å². The van der Waals surface area contributed by atoms with Gasteiger partial charge in [-0.05, 0) is 17.7 Å². The van der Waals surface area contributed by atoms with Crippen molar-refractivity contribution >= 4 is 21.8 Å². The highest BCUT2D eigenvalue weighted by atomic mass is 79.9. The third kappa shape index (κ3) is 3.50. The lowest BCUT2D eigenvalue weighted by molar-refractivity contribution is 0.855. The van der Waals surface area contributed by atoms with Gasteiger partial charge in [0.1, 0.15) is 0 Å². The number of nitrogens with two attached hydrogens (primary N) is 1. The van der Waals surface area contributed by atoms with E-state index in [9.17, 15) is 0 Å². The number of rotatable bonds is 3. The zero-order chi connectivity index (χ0) is 10.6. The van der Waals surface area contributed by atoms with Gasteiger partial charge in [0.2, 0.25) is 0 Å². The Kier molecular flexibility index (Phi) is 4.14. The third-order valence-corrected chi connectivity index (χ3v) is 2.42. The first-order chi connectivity index (χ1) is 6.59. The minimum Gasteiger partial charge on any atom is -0.387 e. The SMILES string of the molecule is CC(C)C(N)=NCc1cccc(Br)c1. The molecule has 2 nitrogen and oxygen atoms in total. The molecule has 0 aliphatic rings. The second-order valence-corrected chi connectivity index (χ2v) is 4.44. The van der Waals surface area contributed by atoms with Crippen LogP contribution in [0, 0.1) is 5.92 Å². The van der Waals surface area contributed by atoms with Crippen molar-refractivity contribution < 1.29 is 0 Å². The van der Waals surface area contributed by atoms with Crippen molar-refractivity contribution in [1.29, 1.82) is 0 Å². The molecule has 0 aliphatic carbocycles. The van der Waals surface area contributed by atoms with Crippen LogP contribution in [0.4, 0.5) is 0 Å². The van der Waals surface area contributed by atoms with Gasteiger partial charge in [0.05, 0.1) is 12.4 Å². The second-order valence-electron chi connectivity index (χ2n) is 3.53. The summed E-state index contributed by atoms with van der Waals surface area (Å²) >= 11 is 3.42. The Morgan fingerprint density at radius 2 is 2.21 bits per heavy atom. The zero-order valence-corrected chi connectivity index (χ0v) is 10.1. The Labute approximate surface area is 93.4 Å². The summed E-state index contributed by atoms with van der Waals surface area (Å²) in [6, 6.07) is 8.10. The van der Waals surface area contributed by atoms with Crippen LogP contribution in [0.2, 0.25) is 0 Å². The van der Waals surface area contributed by atoms with Crippen LogP contribution in [0.15, 0.2) is 33.7 Å². The summed E-state index contributed by atoms with van der Waals surface area (Å²) in [4.78, 5) is 4.31. The molecule has 1 aromatic carbocycles. The van der Waals surface area contributed by atoms with E-state index in [-0.39, 0.29) is 0 Å². The Morgan fingerprint density at radius 3 is 2.79 bits per heavy atom. The lowest BCUT2D eigenvalue weighted by atomic mass is 10.2. The Bertz CT molecular complexity index is 332. The van der Waals surface area contributed by atoms with E-state index < -0.39 is 0 Å². The number of amidine groups is 1. The van der Waals surface area contributed by atoms with Crippen molar-refractivity contribution in [1.82, 2.24) is 0 Å². The standard InChI is InChI=1S/C11H15BrN2/c1-8(2)11(13)14-7-9-4-3-5-10(12)6-9/h3-6,8H,7H2,1-2H3,(H2,13,14). The number of aliphatic imine (C=N–C) groups is 1. The van der Waals surface area contributed by atoms with E-state index in [1.54, 1.807) is 0 Å². The predicted molar refractivity (Wildman–Crippen MR) is 64.3 cm³/mol. The Morgan fingerprint density at radius 1 is 1.50 bits per heavy atom. The highest BCUT2D eigenvalue weighted by Gasteiger charge is 1.98. The predicted octanol–water partition coefficient (Wildman–Crippen LogP) is 2.96. The van der Waals surface area contributed by atoms with E-state index in [2.05, 4.69) is 27.0 Å². The molecule has 0 amide bonds. The zero-order valence-electron chi connectivity index (χ0n) is 8.50. The van der Waals surface area contributed by atoms with E-state index in [4.69, 9.17) is 5.73 Å². The van der Waals surface area contributed by atoms with Crippen molar-refractivity contribution in [3.63, 3.8) is 0 Å². The molecule has 0 bridgehead atoms. The van der Waals surface area contributed by atoms with E-state index in [1.165, 1.54) is 5.56 Å². The second kappa shape index (κ2) is 5.15. The van der Waals surface area contributed by atoms with Crippen LogP contribution in [0.3, 0.4) is 0 Å². The van der Waals surface area contributed by atoms with E-state index >= 15 is 0 Å². The minimum absolute atomic E-state index is 0.321. The largest absolute Gasteiger partial charge is 0.387 e. The summed E-state index contributed by atoms with van der Waals surface area (Å²) in [5.41, 5.74) is 6.91. The number of hydrogen-bond acceptors (Lipinski definition) is 1. The maximum absolute atomic E-state index is 5.74. The van der Waals surface area contributed by atoms with Gasteiger partial charge in [-0.15, -0.1) is 0 Å². The van der Waals surface area contributed by atoms with Crippen LogP contribution in [-0.2, 0) is 6.54 Å². The highest BCUT2D eigenvalue weighted by molar-refractivity contribution is 9.10. The highest BCUT2D eigenvalue weighted by Crippen LogP contribution is 2.12. The molecule has 0 aliphatic heterocycles. The topological polar surface area (TPSA) is 38.4 Å². The van der Waals surface area contributed by atoms with Gasteiger partial charge >= 0.3 is 0 Å². The van der Waals surface area contributed by atoms with Crippen LogP contribution in [0.1, 0.15) is 19.4 Å². The maximum Gasteiger partial charge on any atom is 0.0966 e. The molecule has 0 heterocycles. The molecule has 14 heavy (non-hydrogen) atoms. The summed E-state index contributed by atoms with van der Waals surface area (Å²) < 4.78 is 1.08. The molecule has 76 valence electrons. The minimum atomic E-state index is 0.321. The van der Waals surface area contributed by atoms with Gasteiger partial charge in [0.25, 0.3) is 0 Å². The fraction of sp³-hybridized carbons (Fsp3) is 0.364. The Balaban J connectivity index is 2.66. The van der Waals surface area contributed by atoms with Crippen molar-refractivity contribution in [3.05, 3.63) is 34.3 Å². The quantitative estimate of drug-likeness (QED) is 0.654. The van der Waals surface area contributed by atoms with Crippen molar-refractivity contribution in [2.45, 2.75) is 20.4 Å². The van der Waals surface area contributed by atoms with Crippen molar-refractivity contribution in [2.75, 3.05) is 0 Å². The first kappa shape index (κ1) is 11.2. The number of nitrogens with zero attached hydrogens (tertiary/aromatic N) is 1. The Hall–Kier alpha value is -0.830. The average Bonchev–Trinajstić information content (AvgIpc) is 2.14. The van der Waals surface area contributed by atoms with Gasteiger partial charge in [0, 0.05) is 10.4 Å². The van der Waals surface area contributed by atoms with Crippen molar-refractivity contribution in [2.24, 2.45) is 16.6 Å². The molecular formula is C11H15BrN2. The van der Waals surface area contributed by atoms with Crippen LogP contribution in [-0.4, -0.2) is 5.84 Å². The van der Waals surface area contributed by atoms with E-state index in [1.807, 2.05) is 32.0 Å². The van der Waals surface area contributed by atoms with Gasteiger partial charge in [-0.2, -0.15) is 0 Å². The summed E-state index contributed by atoms with van der Waals surface area (Å²) in [5, 5.41) is 0. The lowest BCUT2D eigenvalue weighted by Crippen LogP contribution is -2.18. The number of benzene rings is 1. The fourth-order valence-electron chi connectivity index (χ4n) is 1.00. The van der Waals surface area contributed by atoms with Crippen LogP contribution >= 0.6 is 15.9 Å². The molecule has 0 aromatic heterocycles. The third-order valence-electron chi connectivity index (χ3n) is 1.92. The molecule has 0 spiro atoms. The lowest BCUT2D eigenvalue weighted by Gasteiger charge is -2.04. The molecule has 0 radical (unpaired) electrons. The van der Waals surface area contributed by atoms with E-state index in [0.717, 1.165) is 4.47 Å². The molecule has 0 saturated heterocycles.